The quantitative estimate of drug-likeness (QED) is 0.523. The molecule has 0 radical (unpaired) electrons. The first-order valence-corrected chi connectivity index (χ1v) is 10.9. The first kappa shape index (κ1) is 22.3. The van der Waals surface area contributed by atoms with E-state index in [1.807, 2.05) is 6.92 Å². The Morgan fingerprint density at radius 3 is 2.80 bits per heavy atom. The van der Waals surface area contributed by atoms with Gasteiger partial charge in [0.05, 0.1) is 11.7 Å². The predicted molar refractivity (Wildman–Crippen MR) is 114 cm³/mol. The number of thiazole rings is 1. The maximum Gasteiger partial charge on any atom is 0.313 e. The Hall–Kier alpha value is -2.36. The van der Waals surface area contributed by atoms with Crippen molar-refractivity contribution in [1.29, 1.82) is 0 Å². The molecule has 30 heavy (non-hydrogen) atoms. The minimum atomic E-state index is -0.858. The van der Waals surface area contributed by atoms with E-state index in [0.717, 1.165) is 36.4 Å². The van der Waals surface area contributed by atoms with Crippen molar-refractivity contribution in [2.75, 3.05) is 18.5 Å². The molecule has 2 heterocycles. The van der Waals surface area contributed by atoms with Gasteiger partial charge in [0, 0.05) is 29.6 Å². The van der Waals surface area contributed by atoms with E-state index >= 15 is 0 Å². The Morgan fingerprint density at radius 2 is 2.13 bits per heavy atom. The number of aliphatic hydroxyl groups is 1. The van der Waals surface area contributed by atoms with Crippen molar-refractivity contribution in [3.63, 3.8) is 0 Å². The number of hydrogen-bond acceptors (Lipinski definition) is 6. The van der Waals surface area contributed by atoms with Gasteiger partial charge in [-0.1, -0.05) is 12.5 Å². The number of carbonyl (C=O) groups excluding carboxylic acids is 2. The number of anilines is 1. The van der Waals surface area contributed by atoms with Crippen LogP contribution in [-0.4, -0.2) is 41.1 Å². The van der Waals surface area contributed by atoms with E-state index in [0.29, 0.717) is 17.0 Å². The van der Waals surface area contributed by atoms with E-state index in [4.69, 9.17) is 0 Å². The third kappa shape index (κ3) is 5.41. The van der Waals surface area contributed by atoms with E-state index in [1.54, 1.807) is 19.1 Å². The Balaban J connectivity index is 1.76. The van der Waals surface area contributed by atoms with Crippen LogP contribution in [0.2, 0.25) is 0 Å². The van der Waals surface area contributed by atoms with Crippen LogP contribution in [0.3, 0.4) is 0 Å². The highest BCUT2D eigenvalue weighted by Crippen LogP contribution is 2.29. The molecule has 0 aliphatic carbocycles. The van der Waals surface area contributed by atoms with Gasteiger partial charge < -0.3 is 21.1 Å². The lowest BCUT2D eigenvalue weighted by molar-refractivity contribution is -0.136. The molecule has 3 rings (SSSR count). The van der Waals surface area contributed by atoms with Crippen molar-refractivity contribution < 1.29 is 19.1 Å². The number of piperidine rings is 1. The van der Waals surface area contributed by atoms with Gasteiger partial charge in [-0.05, 0) is 50.9 Å². The van der Waals surface area contributed by atoms with Crippen molar-refractivity contribution in [3.05, 3.63) is 45.2 Å². The highest BCUT2D eigenvalue weighted by Gasteiger charge is 2.31. The second-order valence-corrected chi connectivity index (χ2v) is 8.58. The molecule has 2 amide bonds. The molecule has 2 aromatic rings. The molecule has 1 aromatic carbocycles. The first-order chi connectivity index (χ1) is 14.4. The monoisotopic (exact) mass is 434 g/mol. The molecular formula is C21H27FN4O3S. The van der Waals surface area contributed by atoms with Crippen LogP contribution in [0, 0.1) is 19.7 Å². The topological polar surface area (TPSA) is 103 Å². The molecule has 1 aromatic heterocycles. The minimum absolute atomic E-state index is 0.0245. The summed E-state index contributed by atoms with van der Waals surface area (Å²) >= 11 is 1.44. The van der Waals surface area contributed by atoms with E-state index in [9.17, 15) is 19.1 Å². The van der Waals surface area contributed by atoms with Gasteiger partial charge in [0.2, 0.25) is 0 Å². The fraction of sp³-hybridized carbons (Fsp3) is 0.476. The number of benzene rings is 1. The van der Waals surface area contributed by atoms with Crippen LogP contribution in [0.5, 0.6) is 0 Å². The number of carbonyl (C=O) groups is 2. The van der Waals surface area contributed by atoms with Gasteiger partial charge in [-0.2, -0.15) is 0 Å². The summed E-state index contributed by atoms with van der Waals surface area (Å²) in [5.74, 6) is -2.11. The highest BCUT2D eigenvalue weighted by atomic mass is 32.1. The first-order valence-electron chi connectivity index (χ1n) is 10.1. The number of halogens is 1. The largest absolute Gasteiger partial charge is 0.396 e. The SMILES string of the molecule is Cc1ccc(NC(=O)C(=O)NC(c2nc(C)c(CCO)s2)C2CCCCN2)cc1F. The van der Waals surface area contributed by atoms with Crippen LogP contribution in [0.1, 0.15) is 46.4 Å². The molecule has 2 atom stereocenters. The molecule has 9 heteroatoms. The molecule has 0 saturated carbocycles. The van der Waals surface area contributed by atoms with Gasteiger partial charge in [-0.3, -0.25) is 9.59 Å². The summed E-state index contributed by atoms with van der Waals surface area (Å²) in [6.07, 6.45) is 3.43. The third-order valence-electron chi connectivity index (χ3n) is 5.19. The van der Waals surface area contributed by atoms with Crippen LogP contribution in [0.25, 0.3) is 0 Å². The average Bonchev–Trinajstić information content (AvgIpc) is 3.09. The number of nitrogens with zero attached hydrogens (tertiary/aromatic N) is 1. The van der Waals surface area contributed by atoms with Gasteiger partial charge in [-0.25, -0.2) is 9.37 Å². The number of aromatic nitrogens is 1. The fourth-order valence-corrected chi connectivity index (χ4v) is 4.65. The van der Waals surface area contributed by atoms with Gasteiger partial charge in [-0.15, -0.1) is 11.3 Å². The zero-order valence-corrected chi connectivity index (χ0v) is 17.9. The van der Waals surface area contributed by atoms with E-state index in [2.05, 4.69) is 20.9 Å². The number of amides is 2. The van der Waals surface area contributed by atoms with Crippen LogP contribution < -0.4 is 16.0 Å². The molecular weight excluding hydrogens is 407 g/mol. The summed E-state index contributed by atoms with van der Waals surface area (Å²) in [6, 6.07) is 3.77. The summed E-state index contributed by atoms with van der Waals surface area (Å²) in [6.45, 7) is 4.35. The van der Waals surface area contributed by atoms with Crippen molar-refractivity contribution in [2.45, 2.75) is 51.6 Å². The van der Waals surface area contributed by atoms with Crippen LogP contribution in [-0.2, 0) is 16.0 Å². The van der Waals surface area contributed by atoms with Crippen LogP contribution in [0.4, 0.5) is 10.1 Å². The second kappa shape index (κ2) is 10.1. The van der Waals surface area contributed by atoms with E-state index in [-0.39, 0.29) is 18.3 Å². The number of aliphatic hydroxyl groups excluding tert-OH is 1. The number of aryl methyl sites for hydroxylation is 2. The summed E-state index contributed by atoms with van der Waals surface area (Å²) in [7, 11) is 0. The third-order valence-corrected chi connectivity index (χ3v) is 6.49. The second-order valence-electron chi connectivity index (χ2n) is 7.46. The minimum Gasteiger partial charge on any atom is -0.396 e. The van der Waals surface area contributed by atoms with Crippen molar-refractivity contribution in [3.8, 4) is 0 Å². The molecule has 2 unspecified atom stereocenters. The van der Waals surface area contributed by atoms with Crippen LogP contribution in [0.15, 0.2) is 18.2 Å². The standard InChI is InChI=1S/C21H27FN4O3S/c1-12-6-7-14(11-15(12)22)25-19(28)20(29)26-18(16-5-3-4-9-23-16)21-24-13(2)17(30-21)8-10-27/h6-7,11,16,18,23,27H,3-5,8-10H2,1-2H3,(H,25,28)(H,26,29). The Morgan fingerprint density at radius 1 is 1.33 bits per heavy atom. The molecule has 162 valence electrons. The van der Waals surface area contributed by atoms with Crippen LogP contribution >= 0.6 is 11.3 Å². The molecule has 0 bridgehead atoms. The normalized spacial score (nSPS) is 17.4. The van der Waals surface area contributed by atoms with E-state index in [1.165, 1.54) is 17.4 Å². The lowest BCUT2D eigenvalue weighted by atomic mass is 9.98. The number of nitrogens with one attached hydrogen (secondary N) is 3. The number of hydrogen-bond donors (Lipinski definition) is 4. The Bertz CT molecular complexity index is 912. The molecule has 7 nitrogen and oxygen atoms in total. The summed E-state index contributed by atoms with van der Waals surface area (Å²) in [5, 5.41) is 18.6. The van der Waals surface area contributed by atoms with Crippen molar-refractivity contribution in [2.24, 2.45) is 0 Å². The van der Waals surface area contributed by atoms with E-state index < -0.39 is 23.7 Å². The average molecular weight is 435 g/mol. The molecule has 0 spiro atoms. The fourth-order valence-electron chi connectivity index (χ4n) is 3.48. The maximum absolute atomic E-state index is 13.7. The predicted octanol–water partition coefficient (Wildman–Crippen LogP) is 2.37. The smallest absolute Gasteiger partial charge is 0.313 e. The van der Waals surface area contributed by atoms with Gasteiger partial charge in [0.25, 0.3) is 0 Å². The molecule has 1 aliphatic rings. The van der Waals surface area contributed by atoms with Gasteiger partial charge >= 0.3 is 11.8 Å². The number of rotatable bonds is 6. The Kier molecular flexibility index (Phi) is 7.52. The van der Waals surface area contributed by atoms with Gasteiger partial charge in [0.15, 0.2) is 0 Å². The summed E-state index contributed by atoms with van der Waals surface area (Å²) < 4.78 is 13.7. The molecule has 1 saturated heterocycles. The Labute approximate surface area is 179 Å². The molecule has 1 fully saturated rings. The highest BCUT2D eigenvalue weighted by molar-refractivity contribution is 7.11. The lowest BCUT2D eigenvalue weighted by Gasteiger charge is -2.30. The molecule has 1 aliphatic heterocycles. The summed E-state index contributed by atoms with van der Waals surface area (Å²) in [4.78, 5) is 30.6. The summed E-state index contributed by atoms with van der Waals surface area (Å²) in [5.41, 5.74) is 1.50. The zero-order chi connectivity index (χ0) is 21.7. The van der Waals surface area contributed by atoms with Crippen molar-refractivity contribution in [1.82, 2.24) is 15.6 Å². The van der Waals surface area contributed by atoms with Gasteiger partial charge in [0.1, 0.15) is 10.8 Å². The lowest BCUT2D eigenvalue weighted by Crippen LogP contribution is -2.48. The maximum atomic E-state index is 13.7. The van der Waals surface area contributed by atoms with Crippen molar-refractivity contribution >= 4 is 28.8 Å². The zero-order valence-electron chi connectivity index (χ0n) is 17.1. The molecule has 4 N–H and O–H groups in total.